The van der Waals surface area contributed by atoms with Crippen LogP contribution in [0.2, 0.25) is 0 Å². The maximum atomic E-state index is 12.5. The maximum absolute atomic E-state index is 12.5. The minimum atomic E-state index is -0.443. The molecule has 0 N–H and O–H groups in total. The summed E-state index contributed by atoms with van der Waals surface area (Å²) in [4.78, 5) is 14.4. The molecule has 0 aliphatic carbocycles. The van der Waals surface area contributed by atoms with Crippen molar-refractivity contribution in [3.63, 3.8) is 0 Å². The van der Waals surface area contributed by atoms with Gasteiger partial charge in [-0.05, 0) is 43.4 Å². The van der Waals surface area contributed by atoms with Gasteiger partial charge in [-0.2, -0.15) is 0 Å². The molecule has 0 bridgehead atoms. The smallest absolute Gasteiger partial charge is 0.263 e. The summed E-state index contributed by atoms with van der Waals surface area (Å²) in [5, 5.41) is 0. The zero-order valence-corrected chi connectivity index (χ0v) is 13.9. The Labute approximate surface area is 129 Å². The van der Waals surface area contributed by atoms with Gasteiger partial charge in [0.15, 0.2) is 6.10 Å². The number of hydrogen-bond donors (Lipinski definition) is 0. The van der Waals surface area contributed by atoms with Crippen LogP contribution in [0, 0.1) is 11.8 Å². The predicted octanol–water partition coefficient (Wildman–Crippen LogP) is 3.72. The van der Waals surface area contributed by atoms with Crippen molar-refractivity contribution < 1.29 is 9.53 Å². The fourth-order valence-corrected chi connectivity index (χ4v) is 3.27. The van der Waals surface area contributed by atoms with Gasteiger partial charge in [0, 0.05) is 17.6 Å². The molecule has 2 rings (SSSR count). The second-order valence-electron chi connectivity index (χ2n) is 5.91. The molecule has 3 nitrogen and oxygen atoms in total. The highest BCUT2D eigenvalue weighted by Crippen LogP contribution is 2.23. The molecular formula is C16H22BrNO2. The van der Waals surface area contributed by atoms with Crippen molar-refractivity contribution in [2.24, 2.45) is 11.8 Å². The van der Waals surface area contributed by atoms with E-state index in [4.69, 9.17) is 4.74 Å². The molecular weight excluding hydrogens is 318 g/mol. The van der Waals surface area contributed by atoms with Crippen LogP contribution in [0.4, 0.5) is 0 Å². The Morgan fingerprint density at radius 3 is 2.60 bits per heavy atom. The molecule has 3 unspecified atom stereocenters. The van der Waals surface area contributed by atoms with Crippen molar-refractivity contribution >= 4 is 21.8 Å². The van der Waals surface area contributed by atoms with Crippen molar-refractivity contribution in [2.75, 3.05) is 13.1 Å². The number of nitrogens with zero attached hydrogens (tertiary/aromatic N) is 1. The summed E-state index contributed by atoms with van der Waals surface area (Å²) in [5.74, 6) is 1.95. The van der Waals surface area contributed by atoms with E-state index in [1.807, 2.05) is 36.1 Å². The molecule has 0 radical (unpaired) electrons. The first kappa shape index (κ1) is 15.4. The Morgan fingerprint density at radius 2 is 2.00 bits per heavy atom. The molecule has 110 valence electrons. The number of carbonyl (C=O) groups is 1. The quantitative estimate of drug-likeness (QED) is 0.839. The lowest BCUT2D eigenvalue weighted by atomic mass is 9.91. The largest absolute Gasteiger partial charge is 0.481 e. The van der Waals surface area contributed by atoms with Gasteiger partial charge in [0.05, 0.1) is 0 Å². The molecule has 1 aliphatic heterocycles. The first-order valence-electron chi connectivity index (χ1n) is 7.16. The molecule has 3 atom stereocenters. The molecule has 0 saturated carbocycles. The third kappa shape index (κ3) is 3.98. The number of rotatable bonds is 3. The normalized spacial score (nSPS) is 24.3. The minimum absolute atomic E-state index is 0.0865. The lowest BCUT2D eigenvalue weighted by Crippen LogP contribution is -2.47. The average molecular weight is 340 g/mol. The lowest BCUT2D eigenvalue weighted by molar-refractivity contribution is -0.140. The van der Waals surface area contributed by atoms with Crippen molar-refractivity contribution in [3.05, 3.63) is 28.7 Å². The number of benzene rings is 1. The second kappa shape index (κ2) is 6.61. The molecule has 1 aliphatic rings. The summed E-state index contributed by atoms with van der Waals surface area (Å²) in [6.45, 7) is 7.92. The number of carbonyl (C=O) groups excluding carboxylic acids is 1. The second-order valence-corrected chi connectivity index (χ2v) is 6.82. The highest BCUT2D eigenvalue weighted by molar-refractivity contribution is 9.10. The van der Waals surface area contributed by atoms with E-state index in [1.54, 1.807) is 0 Å². The Kier molecular flexibility index (Phi) is 5.08. The zero-order valence-electron chi connectivity index (χ0n) is 12.3. The van der Waals surface area contributed by atoms with E-state index in [0.29, 0.717) is 11.8 Å². The first-order chi connectivity index (χ1) is 9.45. The van der Waals surface area contributed by atoms with E-state index >= 15 is 0 Å². The Bertz CT molecular complexity index is 467. The Morgan fingerprint density at radius 1 is 1.35 bits per heavy atom. The van der Waals surface area contributed by atoms with Crippen LogP contribution in [0.5, 0.6) is 5.75 Å². The van der Waals surface area contributed by atoms with E-state index < -0.39 is 6.10 Å². The highest BCUT2D eigenvalue weighted by Gasteiger charge is 2.29. The van der Waals surface area contributed by atoms with Crippen LogP contribution < -0.4 is 4.74 Å². The van der Waals surface area contributed by atoms with Crippen LogP contribution in [-0.4, -0.2) is 30.0 Å². The number of hydrogen-bond acceptors (Lipinski definition) is 2. The number of halogens is 1. The third-order valence-electron chi connectivity index (χ3n) is 3.64. The van der Waals surface area contributed by atoms with Crippen LogP contribution in [0.1, 0.15) is 27.2 Å². The van der Waals surface area contributed by atoms with Gasteiger partial charge in [-0.1, -0.05) is 35.8 Å². The van der Waals surface area contributed by atoms with Crippen LogP contribution in [-0.2, 0) is 4.79 Å². The van der Waals surface area contributed by atoms with E-state index in [2.05, 4.69) is 29.8 Å². The summed E-state index contributed by atoms with van der Waals surface area (Å²) >= 11 is 3.41. The first-order valence-corrected chi connectivity index (χ1v) is 7.96. The standard InChI is InChI=1S/C16H22BrNO2/c1-11-7-12(2)10-18(9-11)16(19)13(3)20-15-6-4-5-14(17)8-15/h4-6,8,11-13H,7,9-10H2,1-3H3. The molecule has 1 aromatic carbocycles. The van der Waals surface area contributed by atoms with Crippen LogP contribution in [0.25, 0.3) is 0 Å². The van der Waals surface area contributed by atoms with Gasteiger partial charge in [0.1, 0.15) is 5.75 Å². The van der Waals surface area contributed by atoms with Gasteiger partial charge in [-0.3, -0.25) is 4.79 Å². The van der Waals surface area contributed by atoms with Gasteiger partial charge < -0.3 is 9.64 Å². The molecule has 1 saturated heterocycles. The van der Waals surface area contributed by atoms with E-state index in [1.165, 1.54) is 6.42 Å². The molecule has 0 aromatic heterocycles. The summed E-state index contributed by atoms with van der Waals surface area (Å²) in [7, 11) is 0. The van der Waals surface area contributed by atoms with Crippen LogP contribution in [0.15, 0.2) is 28.7 Å². The van der Waals surface area contributed by atoms with Gasteiger partial charge >= 0.3 is 0 Å². The highest BCUT2D eigenvalue weighted by atomic mass is 79.9. The molecule has 0 spiro atoms. The fourth-order valence-electron chi connectivity index (χ4n) is 2.89. The number of likely N-dealkylation sites (tertiary alicyclic amines) is 1. The Balaban J connectivity index is 1.98. The summed E-state index contributed by atoms with van der Waals surface area (Å²) in [6.07, 6.45) is 0.756. The van der Waals surface area contributed by atoms with Crippen LogP contribution >= 0.6 is 15.9 Å². The molecule has 1 amide bonds. The maximum Gasteiger partial charge on any atom is 0.263 e. The minimum Gasteiger partial charge on any atom is -0.481 e. The monoisotopic (exact) mass is 339 g/mol. The zero-order chi connectivity index (χ0) is 14.7. The number of piperidine rings is 1. The van der Waals surface area contributed by atoms with Crippen LogP contribution in [0.3, 0.4) is 0 Å². The topological polar surface area (TPSA) is 29.5 Å². The van der Waals surface area contributed by atoms with Gasteiger partial charge in [-0.15, -0.1) is 0 Å². The van der Waals surface area contributed by atoms with Crippen molar-refractivity contribution in [2.45, 2.75) is 33.3 Å². The third-order valence-corrected chi connectivity index (χ3v) is 4.13. The Hall–Kier alpha value is -1.03. The average Bonchev–Trinajstić information content (AvgIpc) is 2.36. The fraction of sp³-hybridized carbons (Fsp3) is 0.562. The SMILES string of the molecule is CC1CC(C)CN(C(=O)C(C)Oc2cccc(Br)c2)C1. The molecule has 20 heavy (non-hydrogen) atoms. The van der Waals surface area contributed by atoms with E-state index in [0.717, 1.165) is 23.3 Å². The molecule has 4 heteroatoms. The molecule has 1 heterocycles. The van der Waals surface area contributed by atoms with Crippen molar-refractivity contribution in [1.29, 1.82) is 0 Å². The molecule has 1 fully saturated rings. The van der Waals surface area contributed by atoms with Gasteiger partial charge in [-0.25, -0.2) is 0 Å². The van der Waals surface area contributed by atoms with Crippen molar-refractivity contribution in [3.8, 4) is 5.75 Å². The van der Waals surface area contributed by atoms with E-state index in [9.17, 15) is 4.79 Å². The predicted molar refractivity (Wildman–Crippen MR) is 83.8 cm³/mol. The number of ether oxygens (including phenoxy) is 1. The summed E-state index contributed by atoms with van der Waals surface area (Å²) in [5.41, 5.74) is 0. The summed E-state index contributed by atoms with van der Waals surface area (Å²) < 4.78 is 6.71. The number of amides is 1. The van der Waals surface area contributed by atoms with E-state index in [-0.39, 0.29) is 5.91 Å². The van der Waals surface area contributed by atoms with Gasteiger partial charge in [0.25, 0.3) is 5.91 Å². The summed E-state index contributed by atoms with van der Waals surface area (Å²) in [6, 6.07) is 7.59. The lowest BCUT2D eigenvalue weighted by Gasteiger charge is -2.36. The van der Waals surface area contributed by atoms with Gasteiger partial charge in [0.2, 0.25) is 0 Å². The van der Waals surface area contributed by atoms with Crippen molar-refractivity contribution in [1.82, 2.24) is 4.90 Å². The molecule has 1 aromatic rings.